The van der Waals surface area contributed by atoms with E-state index in [9.17, 15) is 4.79 Å². The van der Waals surface area contributed by atoms with Crippen LogP contribution >= 0.6 is 0 Å². The van der Waals surface area contributed by atoms with Crippen molar-refractivity contribution in [2.24, 2.45) is 0 Å². The number of methoxy groups -OCH3 is 3. The number of ether oxygens (including phenoxy) is 6. The Kier molecular flexibility index (Phi) is 4.24. The second-order valence-corrected chi connectivity index (χ2v) is 8.28. The van der Waals surface area contributed by atoms with Crippen molar-refractivity contribution in [2.45, 2.75) is 31.2 Å². The van der Waals surface area contributed by atoms with Gasteiger partial charge in [-0.25, -0.2) is 0 Å². The summed E-state index contributed by atoms with van der Waals surface area (Å²) in [5.41, 5.74) is -0.0726. The molecule has 0 bridgehead atoms. The van der Waals surface area contributed by atoms with Crippen LogP contribution < -0.4 is 23.7 Å². The lowest BCUT2D eigenvalue weighted by Crippen LogP contribution is -2.58. The Balaban J connectivity index is 1.69. The monoisotopic (exact) mass is 424 g/mol. The fraction of sp³-hybridized carbons (Fsp3) is 0.375. The lowest BCUT2D eigenvalue weighted by Gasteiger charge is -2.46. The first-order valence-corrected chi connectivity index (χ1v) is 10.1. The van der Waals surface area contributed by atoms with Gasteiger partial charge in [-0.3, -0.25) is 4.79 Å². The van der Waals surface area contributed by atoms with Gasteiger partial charge in [-0.05, 0) is 44.2 Å². The van der Waals surface area contributed by atoms with Gasteiger partial charge in [-0.15, -0.1) is 0 Å². The second kappa shape index (κ2) is 6.65. The van der Waals surface area contributed by atoms with E-state index in [0.29, 0.717) is 39.9 Å². The summed E-state index contributed by atoms with van der Waals surface area (Å²) in [5.74, 6) is 2.45. The average molecular weight is 424 g/mol. The highest BCUT2D eigenvalue weighted by atomic mass is 16.6. The smallest absolute Gasteiger partial charge is 0.207 e. The zero-order valence-corrected chi connectivity index (χ0v) is 18.1. The van der Waals surface area contributed by atoms with Crippen molar-refractivity contribution in [3.8, 4) is 28.7 Å². The molecule has 0 spiro atoms. The number of Topliss-reactive ketones (excluding diaryl/α,β-unsaturated/α-hetero) is 1. The minimum atomic E-state index is -1.37. The van der Waals surface area contributed by atoms with Crippen LogP contribution in [0.5, 0.6) is 28.7 Å². The first-order chi connectivity index (χ1) is 14.8. The summed E-state index contributed by atoms with van der Waals surface area (Å²) in [6.45, 7) is 4.09. The third-order valence-corrected chi connectivity index (χ3v) is 6.07. The van der Waals surface area contributed by atoms with Crippen molar-refractivity contribution < 1.29 is 33.2 Å². The van der Waals surface area contributed by atoms with E-state index >= 15 is 0 Å². The predicted molar refractivity (Wildman–Crippen MR) is 113 cm³/mol. The third kappa shape index (κ3) is 2.66. The highest BCUT2D eigenvalue weighted by Crippen LogP contribution is 2.52. The molecule has 31 heavy (non-hydrogen) atoms. The molecule has 162 valence electrons. The van der Waals surface area contributed by atoms with Crippen molar-refractivity contribution in [1.82, 2.24) is 0 Å². The minimum Gasteiger partial charge on any atom is -0.493 e. The first kappa shape index (κ1) is 19.8. The molecular weight excluding hydrogens is 400 g/mol. The summed E-state index contributed by atoms with van der Waals surface area (Å²) in [4.78, 5) is 13.9. The van der Waals surface area contributed by atoms with E-state index in [1.54, 1.807) is 38.5 Å². The van der Waals surface area contributed by atoms with Crippen molar-refractivity contribution in [1.29, 1.82) is 0 Å². The number of hydrogen-bond donors (Lipinski definition) is 0. The molecule has 0 unspecified atom stereocenters. The standard InChI is InChI=1S/C24H24O7/c1-23(2)9-8-13-16(31-23)7-6-14-21(13)30-20-12-29-17-11-19(27-4)18(26-3)10-15(17)24(20,28-5)22(14)25/h6-11,20H,12H2,1-5H3/t20-,24-/m1/s1. The number of carbonyl (C=O) groups excluding carboxylic acids is 1. The Labute approximate surface area is 180 Å². The summed E-state index contributed by atoms with van der Waals surface area (Å²) >= 11 is 0. The lowest BCUT2D eigenvalue weighted by molar-refractivity contribution is -0.102. The number of carbonyl (C=O) groups is 1. The largest absolute Gasteiger partial charge is 0.493 e. The molecule has 3 aliphatic rings. The summed E-state index contributed by atoms with van der Waals surface area (Å²) in [7, 11) is 4.60. The maximum Gasteiger partial charge on any atom is 0.207 e. The molecular formula is C24H24O7. The molecule has 0 aliphatic carbocycles. The van der Waals surface area contributed by atoms with Gasteiger partial charge in [0.25, 0.3) is 0 Å². The quantitative estimate of drug-likeness (QED) is 0.743. The van der Waals surface area contributed by atoms with Crippen LogP contribution in [-0.4, -0.2) is 45.4 Å². The van der Waals surface area contributed by atoms with Gasteiger partial charge in [0.05, 0.1) is 25.3 Å². The fourth-order valence-electron chi connectivity index (χ4n) is 4.52. The number of hydrogen-bond acceptors (Lipinski definition) is 7. The van der Waals surface area contributed by atoms with Gasteiger partial charge < -0.3 is 28.4 Å². The second-order valence-electron chi connectivity index (χ2n) is 8.28. The van der Waals surface area contributed by atoms with E-state index in [1.807, 2.05) is 26.0 Å². The van der Waals surface area contributed by atoms with Crippen LogP contribution in [0, 0.1) is 0 Å². The maximum absolute atomic E-state index is 13.9. The van der Waals surface area contributed by atoms with Crippen molar-refractivity contribution >= 4 is 11.9 Å². The van der Waals surface area contributed by atoms with Gasteiger partial charge in [0, 0.05) is 18.7 Å². The van der Waals surface area contributed by atoms with E-state index in [1.165, 1.54) is 7.11 Å². The molecule has 2 aromatic carbocycles. The Bertz CT molecular complexity index is 1120. The molecule has 3 aliphatic heterocycles. The molecule has 0 N–H and O–H groups in total. The Morgan fingerprint density at radius 1 is 1.03 bits per heavy atom. The number of ketones is 1. The predicted octanol–water partition coefficient (Wildman–Crippen LogP) is 3.77. The van der Waals surface area contributed by atoms with Gasteiger partial charge in [-0.2, -0.15) is 0 Å². The zero-order chi connectivity index (χ0) is 22.0. The molecule has 0 saturated heterocycles. The highest BCUT2D eigenvalue weighted by Gasteiger charge is 2.58. The van der Waals surface area contributed by atoms with Gasteiger partial charge in [0.1, 0.15) is 29.5 Å². The van der Waals surface area contributed by atoms with Crippen LogP contribution in [-0.2, 0) is 10.3 Å². The molecule has 3 heterocycles. The molecule has 2 aromatic rings. The van der Waals surface area contributed by atoms with Crippen LogP contribution in [0.1, 0.15) is 35.3 Å². The SMILES string of the molecule is COc1cc2c(cc1OC)[C@]1(OC)C(=O)c3ccc4c(c3O[C@@H]1CO2)C=CC(C)(C)O4. The average Bonchev–Trinajstić information content (AvgIpc) is 2.76. The summed E-state index contributed by atoms with van der Waals surface area (Å²) in [5, 5.41) is 0. The molecule has 0 fully saturated rings. The normalized spacial score (nSPS) is 24.4. The number of rotatable bonds is 3. The van der Waals surface area contributed by atoms with Gasteiger partial charge in [0.15, 0.2) is 23.2 Å². The zero-order valence-electron chi connectivity index (χ0n) is 18.1. The van der Waals surface area contributed by atoms with E-state index < -0.39 is 17.3 Å². The summed E-state index contributed by atoms with van der Waals surface area (Å²) < 4.78 is 35.2. The molecule has 2 atom stereocenters. The fourth-order valence-corrected chi connectivity index (χ4v) is 4.52. The van der Waals surface area contributed by atoms with Crippen LogP contribution in [0.2, 0.25) is 0 Å². The molecule has 0 radical (unpaired) electrons. The molecule has 0 amide bonds. The van der Waals surface area contributed by atoms with Crippen LogP contribution in [0.15, 0.2) is 30.3 Å². The molecule has 0 saturated carbocycles. The molecule has 7 nitrogen and oxygen atoms in total. The number of benzene rings is 2. The Morgan fingerprint density at radius 2 is 1.77 bits per heavy atom. The van der Waals surface area contributed by atoms with Gasteiger partial charge >= 0.3 is 0 Å². The van der Waals surface area contributed by atoms with E-state index in [2.05, 4.69) is 0 Å². The summed E-state index contributed by atoms with van der Waals surface area (Å²) in [6.07, 6.45) is 3.21. The molecule has 5 rings (SSSR count). The maximum atomic E-state index is 13.9. The van der Waals surface area contributed by atoms with Gasteiger partial charge in [-0.1, -0.05) is 0 Å². The van der Waals surface area contributed by atoms with Gasteiger partial charge in [0.2, 0.25) is 5.78 Å². The van der Waals surface area contributed by atoms with Crippen LogP contribution in [0.25, 0.3) is 6.08 Å². The minimum absolute atomic E-state index is 0.140. The van der Waals surface area contributed by atoms with Crippen molar-refractivity contribution in [3.05, 3.63) is 47.0 Å². The van der Waals surface area contributed by atoms with E-state index in [0.717, 1.165) is 5.56 Å². The topological polar surface area (TPSA) is 72.5 Å². The summed E-state index contributed by atoms with van der Waals surface area (Å²) in [6, 6.07) is 6.97. The van der Waals surface area contributed by atoms with Crippen molar-refractivity contribution in [3.63, 3.8) is 0 Å². The highest BCUT2D eigenvalue weighted by molar-refractivity contribution is 6.08. The van der Waals surface area contributed by atoms with Crippen molar-refractivity contribution in [2.75, 3.05) is 27.9 Å². The Morgan fingerprint density at radius 3 is 2.48 bits per heavy atom. The number of fused-ring (bicyclic) bond motifs is 6. The van der Waals surface area contributed by atoms with E-state index in [-0.39, 0.29) is 12.4 Å². The molecule has 0 aromatic heterocycles. The molecule has 7 heteroatoms. The van der Waals surface area contributed by atoms with Crippen LogP contribution in [0.3, 0.4) is 0 Å². The first-order valence-electron chi connectivity index (χ1n) is 10.1. The third-order valence-electron chi connectivity index (χ3n) is 6.07. The van der Waals surface area contributed by atoms with Crippen LogP contribution in [0.4, 0.5) is 0 Å². The van der Waals surface area contributed by atoms with E-state index in [4.69, 9.17) is 28.4 Å². The Hall–Kier alpha value is -3.19. The lowest BCUT2D eigenvalue weighted by atomic mass is 9.76.